The van der Waals surface area contributed by atoms with Crippen LogP contribution in [0.2, 0.25) is 0 Å². The van der Waals surface area contributed by atoms with E-state index in [1.165, 1.54) is 0 Å². The summed E-state index contributed by atoms with van der Waals surface area (Å²) in [6.07, 6.45) is 0.407. The summed E-state index contributed by atoms with van der Waals surface area (Å²) in [6, 6.07) is 4.02. The number of anilines is 2. The van der Waals surface area contributed by atoms with Crippen LogP contribution in [0.25, 0.3) is 0 Å². The summed E-state index contributed by atoms with van der Waals surface area (Å²) in [6.45, 7) is 8.27. The highest BCUT2D eigenvalue weighted by atomic mass is 16.1. The monoisotopic (exact) mass is 299 g/mol. The third-order valence-electron chi connectivity index (χ3n) is 4.19. The Balaban J connectivity index is 2.16. The van der Waals surface area contributed by atoms with Crippen LogP contribution in [0.3, 0.4) is 0 Å². The fourth-order valence-electron chi connectivity index (χ4n) is 3.29. The number of rotatable bonds is 2. The molecule has 22 heavy (non-hydrogen) atoms. The molecule has 1 amide bonds. The van der Waals surface area contributed by atoms with Gasteiger partial charge in [0.2, 0.25) is 5.91 Å². The number of carbonyl (C=O) groups excluding carboxylic acids is 1. The number of carbonyl (C=O) groups is 1. The quantitative estimate of drug-likeness (QED) is 0.892. The molecular formula is C16H21N5O. The molecule has 0 radical (unpaired) electrons. The van der Waals surface area contributed by atoms with Crippen molar-refractivity contribution < 1.29 is 4.79 Å². The van der Waals surface area contributed by atoms with Crippen molar-refractivity contribution in [3.05, 3.63) is 34.6 Å². The molecule has 1 aliphatic rings. The van der Waals surface area contributed by atoms with E-state index in [-0.39, 0.29) is 17.9 Å². The number of nitrogen functional groups attached to an aromatic ring is 1. The predicted octanol–water partition coefficient (Wildman–Crippen LogP) is 2.53. The Morgan fingerprint density at radius 1 is 1.36 bits per heavy atom. The number of fused-ring (bicyclic) bond motifs is 1. The molecule has 1 aliphatic heterocycles. The van der Waals surface area contributed by atoms with Crippen LogP contribution in [0.5, 0.6) is 0 Å². The van der Waals surface area contributed by atoms with Gasteiger partial charge in [0.05, 0.1) is 5.69 Å². The van der Waals surface area contributed by atoms with Gasteiger partial charge in [-0.1, -0.05) is 6.07 Å². The normalized spacial score (nSPS) is 17.5. The summed E-state index contributed by atoms with van der Waals surface area (Å²) in [7, 11) is 0. The first-order chi connectivity index (χ1) is 10.4. The zero-order valence-electron chi connectivity index (χ0n) is 13.3. The maximum atomic E-state index is 12.1. The van der Waals surface area contributed by atoms with Gasteiger partial charge >= 0.3 is 0 Å². The average Bonchev–Trinajstić information content (AvgIpc) is 2.72. The molecule has 0 saturated carbocycles. The Bertz CT molecular complexity index is 747. The predicted molar refractivity (Wildman–Crippen MR) is 85.8 cm³/mol. The van der Waals surface area contributed by atoms with E-state index in [2.05, 4.69) is 36.2 Å². The van der Waals surface area contributed by atoms with Crippen LogP contribution >= 0.6 is 0 Å². The Morgan fingerprint density at radius 3 is 2.73 bits per heavy atom. The topological polar surface area (TPSA) is 85.8 Å². The lowest BCUT2D eigenvalue weighted by Gasteiger charge is -2.25. The van der Waals surface area contributed by atoms with Gasteiger partial charge in [-0.3, -0.25) is 9.48 Å². The average molecular weight is 299 g/mol. The van der Waals surface area contributed by atoms with Gasteiger partial charge < -0.3 is 11.1 Å². The van der Waals surface area contributed by atoms with Gasteiger partial charge in [0, 0.05) is 35.2 Å². The molecule has 116 valence electrons. The summed E-state index contributed by atoms with van der Waals surface area (Å²) in [4.78, 5) is 16.3. The van der Waals surface area contributed by atoms with Crippen LogP contribution in [-0.4, -0.2) is 20.7 Å². The number of hydrogen-bond acceptors (Lipinski definition) is 4. The van der Waals surface area contributed by atoms with Crippen molar-refractivity contribution in [2.24, 2.45) is 0 Å². The third-order valence-corrected chi connectivity index (χ3v) is 4.19. The number of aromatic nitrogens is 3. The Morgan fingerprint density at radius 2 is 2.09 bits per heavy atom. The number of hydrogen-bond donors (Lipinski definition) is 2. The molecule has 6 heteroatoms. The minimum atomic E-state index is -0.0355. The molecule has 0 bridgehead atoms. The summed E-state index contributed by atoms with van der Waals surface area (Å²) >= 11 is 0. The lowest BCUT2D eigenvalue weighted by atomic mass is 9.85. The Hall–Kier alpha value is -2.37. The molecule has 0 saturated heterocycles. The van der Waals surface area contributed by atoms with Crippen LogP contribution in [-0.2, 0) is 4.79 Å². The third kappa shape index (κ3) is 2.24. The number of pyridine rings is 1. The van der Waals surface area contributed by atoms with E-state index in [1.807, 2.05) is 17.7 Å². The van der Waals surface area contributed by atoms with Crippen LogP contribution in [0, 0.1) is 13.8 Å². The first kappa shape index (κ1) is 14.6. The zero-order chi connectivity index (χ0) is 16.0. The first-order valence-electron chi connectivity index (χ1n) is 7.50. The summed E-state index contributed by atoms with van der Waals surface area (Å²) in [5.74, 6) is 0.916. The minimum Gasteiger partial charge on any atom is -0.384 e. The largest absolute Gasteiger partial charge is 0.384 e. The lowest BCUT2D eigenvalue weighted by molar-refractivity contribution is -0.116. The fourth-order valence-corrected chi connectivity index (χ4v) is 3.29. The van der Waals surface area contributed by atoms with E-state index < -0.39 is 0 Å². The number of nitrogens with zero attached hydrogens (tertiary/aromatic N) is 3. The molecule has 1 atom stereocenters. The van der Waals surface area contributed by atoms with Crippen molar-refractivity contribution >= 4 is 17.5 Å². The lowest BCUT2D eigenvalue weighted by Crippen LogP contribution is -2.25. The van der Waals surface area contributed by atoms with E-state index in [9.17, 15) is 4.79 Å². The molecule has 0 fully saturated rings. The molecule has 0 unspecified atom stereocenters. The molecule has 0 spiro atoms. The van der Waals surface area contributed by atoms with Crippen molar-refractivity contribution in [1.82, 2.24) is 14.8 Å². The van der Waals surface area contributed by atoms with E-state index in [0.717, 1.165) is 22.5 Å². The SMILES string of the molecule is Cc1nn(C(C)C)c(C)c1[C@@H]1CC(=O)Nc2nc(N)ccc21. The molecule has 0 aliphatic carbocycles. The first-order valence-corrected chi connectivity index (χ1v) is 7.50. The van der Waals surface area contributed by atoms with Gasteiger partial charge in [-0.2, -0.15) is 5.10 Å². The van der Waals surface area contributed by atoms with Crippen molar-refractivity contribution in [1.29, 1.82) is 0 Å². The van der Waals surface area contributed by atoms with Gasteiger partial charge in [-0.15, -0.1) is 0 Å². The van der Waals surface area contributed by atoms with Crippen LogP contribution < -0.4 is 11.1 Å². The van der Waals surface area contributed by atoms with Gasteiger partial charge in [-0.25, -0.2) is 4.98 Å². The zero-order valence-corrected chi connectivity index (χ0v) is 13.3. The van der Waals surface area contributed by atoms with E-state index in [1.54, 1.807) is 6.07 Å². The van der Waals surface area contributed by atoms with Gasteiger partial charge in [0.25, 0.3) is 0 Å². The maximum absolute atomic E-state index is 12.1. The summed E-state index contributed by atoms with van der Waals surface area (Å²) in [5.41, 5.74) is 9.93. The molecular weight excluding hydrogens is 278 g/mol. The van der Waals surface area contributed by atoms with Crippen LogP contribution in [0.4, 0.5) is 11.6 Å². The van der Waals surface area contributed by atoms with Crippen molar-refractivity contribution in [2.75, 3.05) is 11.1 Å². The highest BCUT2D eigenvalue weighted by Gasteiger charge is 2.31. The van der Waals surface area contributed by atoms with E-state index >= 15 is 0 Å². The smallest absolute Gasteiger partial charge is 0.226 e. The fraction of sp³-hybridized carbons (Fsp3) is 0.438. The Kier molecular flexibility index (Phi) is 3.39. The number of amides is 1. The number of aryl methyl sites for hydroxylation is 1. The maximum Gasteiger partial charge on any atom is 0.226 e. The summed E-state index contributed by atoms with van der Waals surface area (Å²) < 4.78 is 2.02. The summed E-state index contributed by atoms with van der Waals surface area (Å²) in [5, 5.41) is 7.45. The molecule has 3 rings (SSSR count). The van der Waals surface area contributed by atoms with Crippen molar-refractivity contribution in [2.45, 2.75) is 46.1 Å². The molecule has 3 heterocycles. The molecule has 2 aromatic rings. The highest BCUT2D eigenvalue weighted by molar-refractivity contribution is 5.94. The minimum absolute atomic E-state index is 0.0238. The van der Waals surface area contributed by atoms with Crippen molar-refractivity contribution in [3.8, 4) is 0 Å². The van der Waals surface area contributed by atoms with E-state index in [0.29, 0.717) is 18.1 Å². The second kappa shape index (κ2) is 5.12. The second-order valence-electron chi connectivity index (χ2n) is 6.10. The molecule has 0 aromatic carbocycles. The van der Waals surface area contributed by atoms with Gasteiger partial charge in [0.1, 0.15) is 11.6 Å². The van der Waals surface area contributed by atoms with E-state index in [4.69, 9.17) is 5.73 Å². The molecule has 6 nitrogen and oxygen atoms in total. The van der Waals surface area contributed by atoms with Gasteiger partial charge in [0.15, 0.2) is 0 Å². The number of nitrogens with one attached hydrogen (secondary N) is 1. The van der Waals surface area contributed by atoms with Crippen LogP contribution in [0.15, 0.2) is 12.1 Å². The van der Waals surface area contributed by atoms with Crippen LogP contribution in [0.1, 0.15) is 54.7 Å². The highest BCUT2D eigenvalue weighted by Crippen LogP contribution is 2.39. The Labute approximate surface area is 129 Å². The molecule has 3 N–H and O–H groups in total. The number of nitrogens with two attached hydrogens (primary N) is 1. The van der Waals surface area contributed by atoms with Crippen molar-refractivity contribution in [3.63, 3.8) is 0 Å². The van der Waals surface area contributed by atoms with Gasteiger partial charge in [-0.05, 0) is 33.8 Å². The second-order valence-corrected chi connectivity index (χ2v) is 6.10. The standard InChI is InChI=1S/C16H21N5O/c1-8(2)21-10(4)15(9(3)20-21)12-7-14(22)19-16-11(12)5-6-13(17)18-16/h5-6,8,12H,7H2,1-4H3,(H3,17,18,19,22)/t12-/m1/s1. The molecule has 2 aromatic heterocycles.